The molecule has 0 bridgehead atoms. The highest BCUT2D eigenvalue weighted by atomic mass is 19.4. The molecule has 3 aromatic rings. The molecule has 0 unspecified atom stereocenters. The summed E-state index contributed by atoms with van der Waals surface area (Å²) in [7, 11) is 0. The van der Waals surface area contributed by atoms with Gasteiger partial charge in [0.25, 0.3) is 0 Å². The maximum atomic E-state index is 12.6. The number of aryl methyl sites for hydroxylation is 1. The van der Waals surface area contributed by atoms with Gasteiger partial charge in [-0.25, -0.2) is 9.67 Å². The largest absolute Gasteiger partial charge is 0.406 e. The Hall–Kier alpha value is -2.77. The van der Waals surface area contributed by atoms with E-state index in [1.165, 1.54) is 12.4 Å². The molecule has 0 spiro atoms. The third kappa shape index (κ3) is 3.89. The van der Waals surface area contributed by atoms with Crippen LogP contribution >= 0.6 is 0 Å². The van der Waals surface area contributed by atoms with Gasteiger partial charge in [-0.1, -0.05) is 25.1 Å². The quantitative estimate of drug-likeness (QED) is 0.717. The zero-order valence-electron chi connectivity index (χ0n) is 14.6. The van der Waals surface area contributed by atoms with E-state index in [0.717, 1.165) is 33.6 Å². The van der Waals surface area contributed by atoms with E-state index in [4.69, 9.17) is 0 Å². The monoisotopic (exact) mass is 363 g/mol. The second-order valence-electron chi connectivity index (χ2n) is 6.00. The van der Waals surface area contributed by atoms with Crippen LogP contribution in [0, 0.1) is 6.92 Å². The van der Waals surface area contributed by atoms with Gasteiger partial charge in [0.2, 0.25) is 0 Å². The molecule has 0 saturated carbocycles. The Balaban J connectivity index is 1.80. The Morgan fingerprint density at radius 1 is 1.19 bits per heavy atom. The van der Waals surface area contributed by atoms with Crippen molar-refractivity contribution in [1.82, 2.24) is 19.3 Å². The van der Waals surface area contributed by atoms with Crippen molar-refractivity contribution >= 4 is 5.69 Å². The van der Waals surface area contributed by atoms with Gasteiger partial charge in [-0.05, 0) is 25.0 Å². The van der Waals surface area contributed by atoms with Crippen LogP contribution < -0.4 is 5.32 Å². The van der Waals surface area contributed by atoms with Crippen LogP contribution in [-0.2, 0) is 19.5 Å². The topological polar surface area (TPSA) is 47.7 Å². The number of benzene rings is 1. The molecule has 0 aliphatic rings. The van der Waals surface area contributed by atoms with E-state index in [1.54, 1.807) is 6.20 Å². The molecule has 0 saturated heterocycles. The fourth-order valence-electron chi connectivity index (χ4n) is 2.89. The van der Waals surface area contributed by atoms with E-state index in [0.29, 0.717) is 5.82 Å². The third-order valence-corrected chi connectivity index (χ3v) is 4.14. The summed E-state index contributed by atoms with van der Waals surface area (Å²) in [6.45, 7) is 3.17. The molecule has 8 heteroatoms. The number of hydrogen-bond donors (Lipinski definition) is 1. The van der Waals surface area contributed by atoms with Crippen LogP contribution in [0.2, 0.25) is 0 Å². The van der Waals surface area contributed by atoms with Crippen molar-refractivity contribution in [2.45, 2.75) is 39.5 Å². The molecular weight excluding hydrogens is 343 g/mol. The van der Waals surface area contributed by atoms with Gasteiger partial charge in [-0.3, -0.25) is 0 Å². The Labute approximate surface area is 149 Å². The van der Waals surface area contributed by atoms with E-state index in [1.807, 2.05) is 42.8 Å². The number of aromatic nitrogens is 4. The van der Waals surface area contributed by atoms with E-state index < -0.39 is 12.7 Å². The van der Waals surface area contributed by atoms with E-state index >= 15 is 0 Å². The van der Waals surface area contributed by atoms with Gasteiger partial charge in [-0.2, -0.15) is 18.3 Å². The molecule has 1 aromatic carbocycles. The zero-order valence-corrected chi connectivity index (χ0v) is 14.6. The standard InChI is InChI=1S/C18H20F3N5/c1-3-15-14(10-24-26(15)16-7-5-4-6-13(16)2)23-11-17-22-8-9-25(17)12-18(19,20)21/h4-10,23H,3,11-12H2,1-2H3. The van der Waals surface area contributed by atoms with Gasteiger partial charge in [-0.15, -0.1) is 0 Å². The molecule has 26 heavy (non-hydrogen) atoms. The fraction of sp³-hybridized carbons (Fsp3) is 0.333. The Kier molecular flexibility index (Phi) is 5.01. The van der Waals surface area contributed by atoms with Crippen LogP contribution in [0.4, 0.5) is 18.9 Å². The molecule has 0 aliphatic carbocycles. The van der Waals surface area contributed by atoms with Crippen molar-refractivity contribution in [2.24, 2.45) is 0 Å². The Bertz CT molecular complexity index is 879. The van der Waals surface area contributed by atoms with Gasteiger partial charge in [0.15, 0.2) is 0 Å². The third-order valence-electron chi connectivity index (χ3n) is 4.14. The molecule has 138 valence electrons. The molecule has 0 aliphatic heterocycles. The maximum absolute atomic E-state index is 12.6. The summed E-state index contributed by atoms with van der Waals surface area (Å²) < 4.78 is 40.8. The van der Waals surface area contributed by atoms with Gasteiger partial charge >= 0.3 is 6.18 Å². The number of nitrogens with zero attached hydrogens (tertiary/aromatic N) is 4. The summed E-state index contributed by atoms with van der Waals surface area (Å²) in [5.74, 6) is 0.327. The van der Waals surface area contributed by atoms with Crippen molar-refractivity contribution in [3.63, 3.8) is 0 Å². The van der Waals surface area contributed by atoms with Crippen LogP contribution in [-0.4, -0.2) is 25.5 Å². The summed E-state index contributed by atoms with van der Waals surface area (Å²) in [5, 5.41) is 7.62. The van der Waals surface area contributed by atoms with Crippen LogP contribution in [0.15, 0.2) is 42.9 Å². The predicted octanol–water partition coefficient (Wildman–Crippen LogP) is 4.11. The predicted molar refractivity (Wildman–Crippen MR) is 93.3 cm³/mol. The minimum atomic E-state index is -4.28. The van der Waals surface area contributed by atoms with E-state index in [2.05, 4.69) is 15.4 Å². The van der Waals surface area contributed by atoms with Crippen molar-refractivity contribution in [2.75, 3.05) is 5.32 Å². The molecule has 5 nitrogen and oxygen atoms in total. The lowest BCUT2D eigenvalue weighted by atomic mass is 10.2. The average molecular weight is 363 g/mol. The molecule has 0 fully saturated rings. The highest BCUT2D eigenvalue weighted by molar-refractivity contribution is 5.51. The molecular formula is C18H20F3N5. The number of halogens is 3. The Morgan fingerprint density at radius 2 is 1.96 bits per heavy atom. The highest BCUT2D eigenvalue weighted by Crippen LogP contribution is 2.23. The molecule has 0 radical (unpaired) electrons. The van der Waals surface area contributed by atoms with Gasteiger partial charge in [0.1, 0.15) is 12.4 Å². The number of nitrogens with one attached hydrogen (secondary N) is 1. The van der Waals surface area contributed by atoms with Crippen molar-refractivity contribution < 1.29 is 13.2 Å². The molecule has 3 rings (SSSR count). The summed E-state index contributed by atoms with van der Waals surface area (Å²) in [4.78, 5) is 4.02. The number of imidazole rings is 1. The lowest BCUT2D eigenvalue weighted by Gasteiger charge is -2.13. The minimum Gasteiger partial charge on any atom is -0.375 e. The maximum Gasteiger partial charge on any atom is 0.406 e. The number of anilines is 1. The van der Waals surface area contributed by atoms with Gasteiger partial charge in [0.05, 0.1) is 29.8 Å². The number of rotatable bonds is 6. The van der Waals surface area contributed by atoms with Crippen molar-refractivity contribution in [3.05, 3.63) is 59.9 Å². The first-order valence-electron chi connectivity index (χ1n) is 8.32. The van der Waals surface area contributed by atoms with Crippen molar-refractivity contribution in [1.29, 1.82) is 0 Å². The van der Waals surface area contributed by atoms with Crippen LogP contribution in [0.5, 0.6) is 0 Å². The fourth-order valence-corrected chi connectivity index (χ4v) is 2.89. The number of para-hydroxylation sites is 1. The van der Waals surface area contributed by atoms with Crippen LogP contribution in [0.1, 0.15) is 24.0 Å². The molecule has 0 amide bonds. The highest BCUT2D eigenvalue weighted by Gasteiger charge is 2.28. The summed E-state index contributed by atoms with van der Waals surface area (Å²) in [6, 6.07) is 7.91. The first-order chi connectivity index (χ1) is 12.4. The SMILES string of the molecule is CCc1c(NCc2nccn2CC(F)(F)F)cnn1-c1ccccc1C. The summed E-state index contributed by atoms with van der Waals surface area (Å²) >= 11 is 0. The summed E-state index contributed by atoms with van der Waals surface area (Å²) in [6.07, 6.45) is 0.859. The second-order valence-corrected chi connectivity index (χ2v) is 6.00. The smallest absolute Gasteiger partial charge is 0.375 e. The molecule has 2 heterocycles. The lowest BCUT2D eigenvalue weighted by molar-refractivity contribution is -0.141. The minimum absolute atomic E-state index is 0.190. The zero-order chi connectivity index (χ0) is 18.7. The molecule has 1 N–H and O–H groups in total. The molecule has 2 aromatic heterocycles. The normalized spacial score (nSPS) is 11.7. The lowest BCUT2D eigenvalue weighted by Crippen LogP contribution is -2.20. The van der Waals surface area contributed by atoms with Crippen LogP contribution in [0.3, 0.4) is 0 Å². The van der Waals surface area contributed by atoms with Gasteiger partial charge in [0, 0.05) is 12.4 Å². The molecule has 0 atom stereocenters. The first kappa shape index (κ1) is 18.0. The average Bonchev–Trinajstić information content (AvgIpc) is 3.18. The number of hydrogen-bond acceptors (Lipinski definition) is 3. The second kappa shape index (κ2) is 7.23. The van der Waals surface area contributed by atoms with Crippen molar-refractivity contribution in [3.8, 4) is 5.69 Å². The summed E-state index contributed by atoms with van der Waals surface area (Å²) in [5.41, 5.74) is 3.83. The van der Waals surface area contributed by atoms with Crippen LogP contribution in [0.25, 0.3) is 5.69 Å². The first-order valence-corrected chi connectivity index (χ1v) is 8.32. The van der Waals surface area contributed by atoms with E-state index in [9.17, 15) is 13.2 Å². The number of alkyl halides is 3. The van der Waals surface area contributed by atoms with E-state index in [-0.39, 0.29) is 6.54 Å². The Morgan fingerprint density at radius 3 is 2.65 bits per heavy atom. The van der Waals surface area contributed by atoms with Gasteiger partial charge < -0.3 is 9.88 Å².